The molecule has 0 aromatic rings. The molecule has 6 aliphatic carbocycles. The highest BCUT2D eigenvalue weighted by molar-refractivity contribution is 5.70. The lowest BCUT2D eigenvalue weighted by Gasteiger charge is -2.72. The third kappa shape index (κ3) is 3.66. The molecule has 0 spiro atoms. The molecule has 0 aliphatic heterocycles. The minimum Gasteiger partial charge on any atom is -0.481 e. The van der Waals surface area contributed by atoms with Crippen LogP contribution < -0.4 is 5.73 Å². The Morgan fingerprint density at radius 3 is 2.31 bits per heavy atom. The molecular formula is C36H55NO2. The Bertz CT molecular complexity index is 1130. The van der Waals surface area contributed by atoms with E-state index < -0.39 is 5.97 Å². The Hall–Kier alpha value is -1.35. The first-order chi connectivity index (χ1) is 18.2. The lowest BCUT2D eigenvalue weighted by Crippen LogP contribution is -2.67. The average molecular weight is 534 g/mol. The summed E-state index contributed by atoms with van der Waals surface area (Å²) in [7, 11) is 0. The van der Waals surface area contributed by atoms with Gasteiger partial charge in [-0.25, -0.2) is 0 Å². The molecule has 216 valence electrons. The van der Waals surface area contributed by atoms with Crippen molar-refractivity contribution >= 4 is 5.97 Å². The third-order valence-electron chi connectivity index (χ3n) is 14.8. The molecule has 1 unspecified atom stereocenters. The van der Waals surface area contributed by atoms with E-state index in [2.05, 4.69) is 60.3 Å². The van der Waals surface area contributed by atoms with Crippen LogP contribution in [-0.2, 0) is 4.79 Å². The number of aliphatic carboxylic acids is 1. The van der Waals surface area contributed by atoms with E-state index in [4.69, 9.17) is 5.73 Å². The number of hydrogen-bond donors (Lipinski definition) is 2. The van der Waals surface area contributed by atoms with E-state index in [-0.39, 0.29) is 16.9 Å². The number of carboxylic acid groups (broad SMARTS) is 1. The zero-order valence-electron chi connectivity index (χ0n) is 25.7. The van der Waals surface area contributed by atoms with Gasteiger partial charge in [0, 0.05) is 5.54 Å². The van der Waals surface area contributed by atoms with Crippen LogP contribution in [0.4, 0.5) is 0 Å². The number of hydrogen-bond acceptors (Lipinski definition) is 2. The zero-order valence-corrected chi connectivity index (χ0v) is 25.7. The summed E-state index contributed by atoms with van der Waals surface area (Å²) in [6.45, 7) is 19.8. The van der Waals surface area contributed by atoms with Crippen molar-refractivity contribution in [2.75, 3.05) is 0 Å². The molecule has 0 bridgehead atoms. The summed E-state index contributed by atoms with van der Waals surface area (Å²) in [4.78, 5) is 11.6. The van der Waals surface area contributed by atoms with Gasteiger partial charge in [0.25, 0.3) is 0 Å². The van der Waals surface area contributed by atoms with Crippen molar-refractivity contribution in [1.29, 1.82) is 0 Å². The van der Waals surface area contributed by atoms with Crippen LogP contribution >= 0.6 is 0 Å². The standard InChI is InChI=1S/C36H55NO2/c1-22(2)25-14-19-36(37)21-20-34(6)27(30(25)36)12-13-29-33(5)17-15-26(23-8-10-24(11-9-23)31(38)39)32(3,4)28(33)16-18-35(29,34)7/h8,15,24-25,27-30H,1,9-14,16-21,37H2,2-7H3,(H,38,39)/t24?,25-,27+,28-,29+,30+,33-,34+,35+,36-/m0/s1. The van der Waals surface area contributed by atoms with Gasteiger partial charge in [-0.15, -0.1) is 0 Å². The van der Waals surface area contributed by atoms with Gasteiger partial charge in [-0.05, 0) is 146 Å². The highest BCUT2D eigenvalue weighted by atomic mass is 16.4. The predicted octanol–water partition coefficient (Wildman–Crippen LogP) is 8.70. The van der Waals surface area contributed by atoms with Crippen LogP contribution in [0.5, 0.6) is 0 Å². The van der Waals surface area contributed by atoms with Gasteiger partial charge in [0.15, 0.2) is 0 Å². The monoisotopic (exact) mass is 533 g/mol. The van der Waals surface area contributed by atoms with Crippen molar-refractivity contribution in [3.8, 4) is 0 Å². The molecule has 0 radical (unpaired) electrons. The fourth-order valence-corrected chi connectivity index (χ4v) is 12.7. The summed E-state index contributed by atoms with van der Waals surface area (Å²) in [5, 5.41) is 9.51. The molecule has 6 rings (SSSR count). The molecule has 0 saturated heterocycles. The normalized spacial score (nSPS) is 50.4. The molecule has 4 saturated carbocycles. The molecule has 0 amide bonds. The maximum absolute atomic E-state index is 11.6. The molecule has 3 heteroatoms. The lowest BCUT2D eigenvalue weighted by atomic mass is 9.33. The Labute approximate surface area is 238 Å². The average Bonchev–Trinajstić information content (AvgIpc) is 3.22. The molecule has 0 heterocycles. The fraction of sp³-hybridized carbons (Fsp3) is 0.806. The second-order valence-electron chi connectivity index (χ2n) is 16.5. The topological polar surface area (TPSA) is 63.3 Å². The first kappa shape index (κ1) is 27.8. The van der Waals surface area contributed by atoms with Crippen LogP contribution in [0.1, 0.15) is 119 Å². The van der Waals surface area contributed by atoms with Crippen LogP contribution in [0.3, 0.4) is 0 Å². The van der Waals surface area contributed by atoms with E-state index in [9.17, 15) is 9.90 Å². The van der Waals surface area contributed by atoms with E-state index in [0.29, 0.717) is 40.4 Å². The summed E-state index contributed by atoms with van der Waals surface area (Å²) in [5.74, 6) is 2.52. The smallest absolute Gasteiger partial charge is 0.306 e. The summed E-state index contributed by atoms with van der Waals surface area (Å²) in [5.41, 5.74) is 12.8. The van der Waals surface area contributed by atoms with Crippen LogP contribution in [0.2, 0.25) is 0 Å². The molecule has 0 aromatic heterocycles. The maximum atomic E-state index is 11.6. The maximum Gasteiger partial charge on any atom is 0.306 e. The summed E-state index contributed by atoms with van der Waals surface area (Å²) >= 11 is 0. The Balaban J connectivity index is 1.33. The first-order valence-corrected chi connectivity index (χ1v) is 16.3. The van der Waals surface area contributed by atoms with Gasteiger partial charge in [-0.3, -0.25) is 4.79 Å². The highest BCUT2D eigenvalue weighted by Gasteiger charge is 2.70. The van der Waals surface area contributed by atoms with Crippen LogP contribution in [0.25, 0.3) is 0 Å². The van der Waals surface area contributed by atoms with Gasteiger partial charge in [0.1, 0.15) is 0 Å². The van der Waals surface area contributed by atoms with Gasteiger partial charge in [0.2, 0.25) is 0 Å². The number of allylic oxidation sites excluding steroid dienone is 5. The number of carboxylic acids is 1. The van der Waals surface area contributed by atoms with Crippen molar-refractivity contribution in [2.45, 2.75) is 124 Å². The molecule has 4 fully saturated rings. The van der Waals surface area contributed by atoms with Gasteiger partial charge >= 0.3 is 5.97 Å². The molecule has 39 heavy (non-hydrogen) atoms. The van der Waals surface area contributed by atoms with E-state index in [0.717, 1.165) is 24.7 Å². The second kappa shape index (κ2) is 8.83. The molecule has 3 nitrogen and oxygen atoms in total. The van der Waals surface area contributed by atoms with Gasteiger partial charge in [-0.2, -0.15) is 0 Å². The predicted molar refractivity (Wildman–Crippen MR) is 160 cm³/mol. The second-order valence-corrected chi connectivity index (χ2v) is 16.5. The lowest BCUT2D eigenvalue weighted by molar-refractivity contribution is -0.219. The molecule has 10 atom stereocenters. The van der Waals surface area contributed by atoms with Crippen molar-refractivity contribution in [3.05, 3.63) is 35.5 Å². The van der Waals surface area contributed by atoms with E-state index in [1.54, 1.807) is 0 Å². The molecular weight excluding hydrogens is 478 g/mol. The Kier molecular flexibility index (Phi) is 6.29. The number of carbonyl (C=O) groups is 1. The zero-order chi connectivity index (χ0) is 28.2. The van der Waals surface area contributed by atoms with Gasteiger partial charge in [-0.1, -0.05) is 58.9 Å². The van der Waals surface area contributed by atoms with E-state index >= 15 is 0 Å². The quantitative estimate of drug-likeness (QED) is 0.357. The van der Waals surface area contributed by atoms with Gasteiger partial charge < -0.3 is 10.8 Å². The molecule has 3 N–H and O–H groups in total. The first-order valence-electron chi connectivity index (χ1n) is 16.3. The van der Waals surface area contributed by atoms with Crippen LogP contribution in [0, 0.1) is 57.2 Å². The minimum absolute atomic E-state index is 0.0237. The van der Waals surface area contributed by atoms with E-state index in [1.807, 2.05) is 0 Å². The Morgan fingerprint density at radius 2 is 1.67 bits per heavy atom. The SMILES string of the molecule is C=C(C)[C@@H]1CC[C@]2(N)CC[C@]3(C)[C@H](CC[C@@H]4[C@@]5(C)CC=C(C6=CCC(C(=O)O)CC6)C(C)(C)[C@@H]5CC[C@]43C)[C@@H]12. The summed E-state index contributed by atoms with van der Waals surface area (Å²) in [6.07, 6.45) is 18.7. The number of fused-ring (bicyclic) bond motifs is 7. The Morgan fingerprint density at radius 1 is 0.923 bits per heavy atom. The highest BCUT2D eigenvalue weighted by Crippen LogP contribution is 2.76. The molecule has 0 aromatic carbocycles. The van der Waals surface area contributed by atoms with Crippen LogP contribution in [-0.4, -0.2) is 16.6 Å². The van der Waals surface area contributed by atoms with E-state index in [1.165, 1.54) is 74.5 Å². The summed E-state index contributed by atoms with van der Waals surface area (Å²) in [6, 6.07) is 0. The van der Waals surface area contributed by atoms with Crippen molar-refractivity contribution in [2.24, 2.45) is 62.9 Å². The van der Waals surface area contributed by atoms with Gasteiger partial charge in [0.05, 0.1) is 5.92 Å². The number of rotatable bonds is 3. The van der Waals surface area contributed by atoms with Crippen molar-refractivity contribution in [1.82, 2.24) is 0 Å². The molecule has 6 aliphatic rings. The minimum atomic E-state index is -0.632. The summed E-state index contributed by atoms with van der Waals surface area (Å²) < 4.78 is 0. The third-order valence-corrected chi connectivity index (χ3v) is 14.8. The number of nitrogens with two attached hydrogens (primary N) is 1. The van der Waals surface area contributed by atoms with Crippen molar-refractivity contribution < 1.29 is 9.90 Å². The largest absolute Gasteiger partial charge is 0.481 e. The fourth-order valence-electron chi connectivity index (χ4n) is 12.7. The van der Waals surface area contributed by atoms with Crippen LogP contribution in [0.15, 0.2) is 35.5 Å². The van der Waals surface area contributed by atoms with Crippen molar-refractivity contribution in [3.63, 3.8) is 0 Å².